The lowest BCUT2D eigenvalue weighted by molar-refractivity contribution is -0.115. The van der Waals surface area contributed by atoms with Gasteiger partial charge in [-0.3, -0.25) is 4.79 Å². The molecule has 0 aliphatic rings. The number of halogens is 1. The van der Waals surface area contributed by atoms with Crippen LogP contribution in [0.1, 0.15) is 5.56 Å². The van der Waals surface area contributed by atoms with E-state index < -0.39 is 5.82 Å². The lowest BCUT2D eigenvalue weighted by Crippen LogP contribution is -2.15. The number of phenols is 1. The molecule has 0 saturated heterocycles. The Bertz CT molecular complexity index is 614. The molecule has 2 aromatic carbocycles. The van der Waals surface area contributed by atoms with E-state index in [1.165, 1.54) is 24.3 Å². The van der Waals surface area contributed by atoms with E-state index in [0.717, 1.165) is 6.07 Å². The molecule has 0 unspecified atom stereocenters. The molecule has 0 heterocycles. The number of hydrogen-bond donors (Lipinski definition) is 3. The van der Waals surface area contributed by atoms with E-state index in [-0.39, 0.29) is 23.8 Å². The smallest absolute Gasteiger partial charge is 0.228 e. The highest BCUT2D eigenvalue weighted by Crippen LogP contribution is 2.19. The number of carbonyl (C=O) groups excluding carboxylic acids is 1. The van der Waals surface area contributed by atoms with Gasteiger partial charge in [-0.1, -0.05) is 12.1 Å². The second kappa shape index (κ2) is 5.39. The van der Waals surface area contributed by atoms with Crippen molar-refractivity contribution in [3.8, 4) is 5.75 Å². The summed E-state index contributed by atoms with van der Waals surface area (Å²) in [6.07, 6.45) is 0.102. The molecule has 0 bridgehead atoms. The third-order valence-corrected chi connectivity index (χ3v) is 2.56. The van der Waals surface area contributed by atoms with Crippen LogP contribution in [0.25, 0.3) is 0 Å². The number of carbonyl (C=O) groups is 1. The first-order valence-electron chi connectivity index (χ1n) is 5.67. The number of nitrogens with two attached hydrogens (primary N) is 1. The largest absolute Gasteiger partial charge is 0.508 e. The quantitative estimate of drug-likeness (QED) is 0.741. The number of rotatable bonds is 3. The molecule has 0 atom stereocenters. The third-order valence-electron chi connectivity index (χ3n) is 2.56. The van der Waals surface area contributed by atoms with E-state index >= 15 is 0 Å². The fourth-order valence-electron chi connectivity index (χ4n) is 1.69. The van der Waals surface area contributed by atoms with Gasteiger partial charge in [0, 0.05) is 0 Å². The fraction of sp³-hybridized carbons (Fsp3) is 0.0714. The van der Waals surface area contributed by atoms with Crippen molar-refractivity contribution in [3.63, 3.8) is 0 Å². The molecule has 0 spiro atoms. The summed E-state index contributed by atoms with van der Waals surface area (Å²) >= 11 is 0. The van der Waals surface area contributed by atoms with Crippen LogP contribution in [0.5, 0.6) is 5.75 Å². The minimum atomic E-state index is -0.455. The van der Waals surface area contributed by atoms with Gasteiger partial charge in [-0.15, -0.1) is 0 Å². The molecule has 0 saturated carbocycles. The van der Waals surface area contributed by atoms with Crippen molar-refractivity contribution in [2.45, 2.75) is 6.42 Å². The van der Waals surface area contributed by atoms with Crippen LogP contribution in [0.4, 0.5) is 15.8 Å². The van der Waals surface area contributed by atoms with Gasteiger partial charge in [0.1, 0.15) is 11.6 Å². The second-order valence-corrected chi connectivity index (χ2v) is 4.13. The van der Waals surface area contributed by atoms with E-state index in [0.29, 0.717) is 11.3 Å². The van der Waals surface area contributed by atoms with Crippen LogP contribution < -0.4 is 11.1 Å². The average Bonchev–Trinajstić information content (AvgIpc) is 2.33. The van der Waals surface area contributed by atoms with E-state index in [2.05, 4.69) is 5.32 Å². The summed E-state index contributed by atoms with van der Waals surface area (Å²) in [5, 5.41) is 11.9. The molecule has 0 aliphatic heterocycles. The van der Waals surface area contributed by atoms with Crippen molar-refractivity contribution >= 4 is 17.3 Å². The summed E-state index contributed by atoms with van der Waals surface area (Å²) in [4.78, 5) is 11.8. The maximum absolute atomic E-state index is 12.9. The molecule has 98 valence electrons. The Labute approximate surface area is 109 Å². The highest BCUT2D eigenvalue weighted by Gasteiger charge is 2.07. The first-order valence-corrected chi connectivity index (χ1v) is 5.67. The number of nitrogens with one attached hydrogen (secondary N) is 1. The van der Waals surface area contributed by atoms with E-state index in [1.54, 1.807) is 12.1 Å². The van der Waals surface area contributed by atoms with Crippen molar-refractivity contribution in [2.75, 3.05) is 11.1 Å². The molecule has 2 aromatic rings. The molecule has 2 rings (SSSR count). The molecule has 5 heteroatoms. The van der Waals surface area contributed by atoms with Crippen LogP contribution in [-0.4, -0.2) is 11.0 Å². The van der Waals surface area contributed by atoms with E-state index in [1.807, 2.05) is 0 Å². The zero-order chi connectivity index (χ0) is 13.8. The molecule has 0 radical (unpaired) electrons. The van der Waals surface area contributed by atoms with Gasteiger partial charge in [-0.2, -0.15) is 0 Å². The van der Waals surface area contributed by atoms with Gasteiger partial charge in [-0.05, 0) is 35.9 Å². The van der Waals surface area contributed by atoms with Gasteiger partial charge in [0.15, 0.2) is 0 Å². The van der Waals surface area contributed by atoms with Gasteiger partial charge in [-0.25, -0.2) is 4.39 Å². The first-order chi connectivity index (χ1) is 9.04. The molecular formula is C14H13FN2O2. The maximum Gasteiger partial charge on any atom is 0.228 e. The first kappa shape index (κ1) is 12.9. The minimum absolute atomic E-state index is 0.102. The van der Waals surface area contributed by atoms with Gasteiger partial charge in [0.2, 0.25) is 5.91 Å². The predicted molar refractivity (Wildman–Crippen MR) is 71.3 cm³/mol. The van der Waals surface area contributed by atoms with Crippen LogP contribution >= 0.6 is 0 Å². The van der Waals surface area contributed by atoms with Crippen LogP contribution in [0.3, 0.4) is 0 Å². The Morgan fingerprint density at radius 3 is 2.74 bits per heavy atom. The molecule has 19 heavy (non-hydrogen) atoms. The lowest BCUT2D eigenvalue weighted by Gasteiger charge is -2.08. The molecule has 4 N–H and O–H groups in total. The number of benzene rings is 2. The number of hydrogen-bond acceptors (Lipinski definition) is 3. The molecule has 0 fully saturated rings. The van der Waals surface area contributed by atoms with Crippen molar-refractivity contribution < 1.29 is 14.3 Å². The van der Waals surface area contributed by atoms with Crippen molar-refractivity contribution in [3.05, 3.63) is 53.8 Å². The lowest BCUT2D eigenvalue weighted by atomic mass is 10.1. The molecular weight excluding hydrogens is 247 g/mol. The topological polar surface area (TPSA) is 75.3 Å². The average molecular weight is 260 g/mol. The van der Waals surface area contributed by atoms with Gasteiger partial charge in [0.05, 0.1) is 17.8 Å². The van der Waals surface area contributed by atoms with Gasteiger partial charge >= 0.3 is 0 Å². The Balaban J connectivity index is 2.05. The summed E-state index contributed by atoms with van der Waals surface area (Å²) in [7, 11) is 0. The highest BCUT2D eigenvalue weighted by atomic mass is 19.1. The maximum atomic E-state index is 12.9. The van der Waals surface area contributed by atoms with Crippen LogP contribution in [0.15, 0.2) is 42.5 Å². The summed E-state index contributed by atoms with van der Waals surface area (Å²) < 4.78 is 12.9. The van der Waals surface area contributed by atoms with E-state index in [9.17, 15) is 14.3 Å². The fourth-order valence-corrected chi connectivity index (χ4v) is 1.69. The Morgan fingerprint density at radius 2 is 2.05 bits per heavy atom. The Hall–Kier alpha value is -2.56. The Kier molecular flexibility index (Phi) is 3.66. The normalized spacial score (nSPS) is 10.2. The zero-order valence-corrected chi connectivity index (χ0v) is 10.1. The van der Waals surface area contributed by atoms with E-state index in [4.69, 9.17) is 5.73 Å². The van der Waals surface area contributed by atoms with Gasteiger partial charge in [0.25, 0.3) is 0 Å². The zero-order valence-electron chi connectivity index (χ0n) is 10.1. The molecule has 0 aliphatic carbocycles. The summed E-state index contributed by atoms with van der Waals surface area (Å²) in [6.45, 7) is 0. The summed E-state index contributed by atoms with van der Waals surface area (Å²) in [6, 6.07) is 10.2. The molecule has 0 aromatic heterocycles. The minimum Gasteiger partial charge on any atom is -0.508 e. The number of anilines is 2. The monoisotopic (exact) mass is 260 g/mol. The van der Waals surface area contributed by atoms with Crippen molar-refractivity contribution in [2.24, 2.45) is 0 Å². The van der Waals surface area contributed by atoms with Crippen LogP contribution in [0, 0.1) is 5.82 Å². The molecule has 1 amide bonds. The number of nitrogen functional groups attached to an aromatic ring is 1. The standard InChI is InChI=1S/C14H13FN2O2/c15-10-4-5-13(12(16)8-10)17-14(19)7-9-2-1-3-11(18)6-9/h1-6,8,18H,7,16H2,(H,17,19). The summed E-state index contributed by atoms with van der Waals surface area (Å²) in [5.74, 6) is -0.640. The number of amides is 1. The second-order valence-electron chi connectivity index (χ2n) is 4.13. The molecule has 4 nitrogen and oxygen atoms in total. The predicted octanol–water partition coefficient (Wildman–Crippen LogP) is 2.29. The SMILES string of the molecule is Nc1cc(F)ccc1NC(=O)Cc1cccc(O)c1. The third kappa shape index (κ3) is 3.45. The van der Waals surface area contributed by atoms with Crippen molar-refractivity contribution in [1.29, 1.82) is 0 Å². The number of phenolic OH excluding ortho intramolecular Hbond substituents is 1. The Morgan fingerprint density at radius 1 is 1.26 bits per heavy atom. The number of aromatic hydroxyl groups is 1. The summed E-state index contributed by atoms with van der Waals surface area (Å²) in [5.41, 5.74) is 6.81. The van der Waals surface area contributed by atoms with Gasteiger partial charge < -0.3 is 16.2 Å². The van der Waals surface area contributed by atoms with Crippen molar-refractivity contribution in [1.82, 2.24) is 0 Å². The van der Waals surface area contributed by atoms with Crippen LogP contribution in [-0.2, 0) is 11.2 Å². The highest BCUT2D eigenvalue weighted by molar-refractivity contribution is 5.95. The van der Waals surface area contributed by atoms with Crippen LogP contribution in [0.2, 0.25) is 0 Å².